The van der Waals surface area contributed by atoms with Crippen molar-refractivity contribution in [2.45, 2.75) is 32.6 Å². The third kappa shape index (κ3) is 4.60. The van der Waals surface area contributed by atoms with E-state index in [9.17, 15) is 0 Å². The molecular weight excluding hydrogens is 318 g/mol. The molecule has 0 bridgehead atoms. The van der Waals surface area contributed by atoms with Gasteiger partial charge in [-0.15, -0.1) is 0 Å². The molecule has 1 aliphatic heterocycles. The zero-order valence-corrected chi connectivity index (χ0v) is 14.6. The van der Waals surface area contributed by atoms with Crippen LogP contribution in [0.2, 0.25) is 0 Å². The standard InChI is InChI=1S/C19H25N3O3/c1-14(20)24-19(21)18-13-15-16(7-5-8-17(15)25-18)23-12-6-11-22-9-3-2-4-10-22/h5,7-8,13,20-21H,2-4,6,9-12H2,1H3. The number of hydrogen-bond donors (Lipinski definition) is 2. The Labute approximate surface area is 147 Å². The molecule has 3 rings (SSSR count). The highest BCUT2D eigenvalue weighted by Crippen LogP contribution is 2.29. The van der Waals surface area contributed by atoms with Gasteiger partial charge in [0.25, 0.3) is 5.90 Å². The first-order valence-electron chi connectivity index (χ1n) is 8.83. The van der Waals surface area contributed by atoms with Crippen LogP contribution in [0.5, 0.6) is 5.75 Å². The first kappa shape index (κ1) is 17.5. The summed E-state index contributed by atoms with van der Waals surface area (Å²) in [4.78, 5) is 2.50. The van der Waals surface area contributed by atoms with Crippen LogP contribution in [0.3, 0.4) is 0 Å². The van der Waals surface area contributed by atoms with Crippen molar-refractivity contribution in [1.29, 1.82) is 10.8 Å². The fraction of sp³-hybridized carbons (Fsp3) is 0.474. The Kier molecular flexibility index (Phi) is 5.71. The Bertz CT molecular complexity index is 747. The molecule has 25 heavy (non-hydrogen) atoms. The van der Waals surface area contributed by atoms with Gasteiger partial charge in [-0.3, -0.25) is 10.8 Å². The molecule has 0 aliphatic carbocycles. The maximum Gasteiger partial charge on any atom is 0.256 e. The van der Waals surface area contributed by atoms with E-state index in [1.807, 2.05) is 18.2 Å². The summed E-state index contributed by atoms with van der Waals surface area (Å²) in [6.45, 7) is 5.62. The summed E-state index contributed by atoms with van der Waals surface area (Å²) in [7, 11) is 0. The molecule has 0 amide bonds. The minimum absolute atomic E-state index is 0.0420. The first-order chi connectivity index (χ1) is 12.1. The molecule has 0 unspecified atom stereocenters. The molecule has 1 saturated heterocycles. The SMILES string of the molecule is CC(=N)OC(=N)c1cc2c(OCCCN3CCCCC3)cccc2o1. The summed E-state index contributed by atoms with van der Waals surface area (Å²) in [6.07, 6.45) is 4.96. The maximum atomic E-state index is 7.84. The second-order valence-corrected chi connectivity index (χ2v) is 6.37. The van der Waals surface area contributed by atoms with E-state index in [1.54, 1.807) is 6.07 Å². The van der Waals surface area contributed by atoms with Gasteiger partial charge in [-0.05, 0) is 44.5 Å². The molecule has 2 N–H and O–H groups in total. The quantitative estimate of drug-likeness (QED) is 0.471. The molecule has 0 saturated carbocycles. The van der Waals surface area contributed by atoms with Crippen LogP contribution in [0, 0.1) is 10.8 Å². The average Bonchev–Trinajstić information content (AvgIpc) is 3.04. The molecule has 1 aromatic carbocycles. The van der Waals surface area contributed by atoms with Crippen molar-refractivity contribution in [2.75, 3.05) is 26.2 Å². The van der Waals surface area contributed by atoms with Crippen molar-refractivity contribution >= 4 is 22.8 Å². The molecular formula is C19H25N3O3. The molecule has 2 heterocycles. The van der Waals surface area contributed by atoms with Crippen molar-refractivity contribution in [3.63, 3.8) is 0 Å². The highest BCUT2D eigenvalue weighted by atomic mass is 16.5. The highest BCUT2D eigenvalue weighted by molar-refractivity contribution is 6.00. The minimum Gasteiger partial charge on any atom is -0.493 e. The van der Waals surface area contributed by atoms with Crippen molar-refractivity contribution in [3.05, 3.63) is 30.0 Å². The van der Waals surface area contributed by atoms with Gasteiger partial charge in [0.2, 0.25) is 0 Å². The van der Waals surface area contributed by atoms with E-state index in [0.717, 1.165) is 24.1 Å². The lowest BCUT2D eigenvalue weighted by molar-refractivity contribution is 0.205. The van der Waals surface area contributed by atoms with Crippen LogP contribution in [-0.2, 0) is 4.74 Å². The summed E-state index contributed by atoms with van der Waals surface area (Å²) in [5.74, 6) is 0.843. The molecule has 6 nitrogen and oxygen atoms in total. The van der Waals surface area contributed by atoms with E-state index in [0.29, 0.717) is 18.0 Å². The number of benzene rings is 1. The highest BCUT2D eigenvalue weighted by Gasteiger charge is 2.14. The number of nitrogens with one attached hydrogen (secondary N) is 2. The smallest absolute Gasteiger partial charge is 0.256 e. The number of likely N-dealkylation sites (tertiary alicyclic amines) is 1. The lowest BCUT2D eigenvalue weighted by Crippen LogP contribution is -2.31. The van der Waals surface area contributed by atoms with Crippen molar-refractivity contribution in [1.82, 2.24) is 4.90 Å². The fourth-order valence-electron chi connectivity index (χ4n) is 3.13. The Morgan fingerprint density at radius 3 is 2.76 bits per heavy atom. The van der Waals surface area contributed by atoms with Crippen LogP contribution in [0.25, 0.3) is 11.0 Å². The number of rotatable bonds is 6. The molecule has 6 heteroatoms. The third-order valence-corrected chi connectivity index (χ3v) is 4.33. The molecule has 134 valence electrons. The van der Waals surface area contributed by atoms with E-state index in [-0.39, 0.29) is 11.8 Å². The number of ether oxygens (including phenoxy) is 2. The van der Waals surface area contributed by atoms with Crippen LogP contribution < -0.4 is 4.74 Å². The first-order valence-corrected chi connectivity index (χ1v) is 8.83. The van der Waals surface area contributed by atoms with E-state index < -0.39 is 0 Å². The van der Waals surface area contributed by atoms with E-state index in [1.165, 1.54) is 39.3 Å². The van der Waals surface area contributed by atoms with E-state index >= 15 is 0 Å². The van der Waals surface area contributed by atoms with Gasteiger partial charge in [0.15, 0.2) is 11.7 Å². The molecule has 1 fully saturated rings. The molecule has 1 aliphatic rings. The Balaban J connectivity index is 1.60. The molecule has 2 aromatic rings. The lowest BCUT2D eigenvalue weighted by Gasteiger charge is -2.26. The van der Waals surface area contributed by atoms with E-state index in [2.05, 4.69) is 4.90 Å². The predicted octanol–water partition coefficient (Wildman–Crippen LogP) is 4.03. The molecule has 1 aromatic heterocycles. The normalized spacial score (nSPS) is 15.2. The van der Waals surface area contributed by atoms with Crippen LogP contribution in [-0.4, -0.2) is 42.9 Å². The summed E-state index contributed by atoms with van der Waals surface area (Å²) in [5.41, 5.74) is 0.652. The lowest BCUT2D eigenvalue weighted by atomic mass is 10.1. The van der Waals surface area contributed by atoms with Crippen molar-refractivity contribution < 1.29 is 13.9 Å². The number of fused-ring (bicyclic) bond motifs is 1. The van der Waals surface area contributed by atoms with Crippen LogP contribution in [0.1, 0.15) is 38.4 Å². The second kappa shape index (κ2) is 8.16. The van der Waals surface area contributed by atoms with Crippen LogP contribution in [0.15, 0.2) is 28.7 Å². The number of piperidine rings is 1. The molecule has 0 atom stereocenters. The average molecular weight is 343 g/mol. The Morgan fingerprint density at radius 1 is 1.20 bits per heavy atom. The molecule has 0 radical (unpaired) electrons. The zero-order valence-electron chi connectivity index (χ0n) is 14.6. The van der Waals surface area contributed by atoms with Crippen molar-refractivity contribution in [2.24, 2.45) is 0 Å². The predicted molar refractivity (Wildman–Crippen MR) is 97.9 cm³/mol. The van der Waals surface area contributed by atoms with Gasteiger partial charge in [0.05, 0.1) is 12.0 Å². The van der Waals surface area contributed by atoms with Gasteiger partial charge < -0.3 is 18.8 Å². The van der Waals surface area contributed by atoms with Gasteiger partial charge in [0, 0.05) is 19.5 Å². The Morgan fingerprint density at radius 2 is 2.00 bits per heavy atom. The number of hydrogen-bond acceptors (Lipinski definition) is 6. The molecule has 0 spiro atoms. The third-order valence-electron chi connectivity index (χ3n) is 4.33. The van der Waals surface area contributed by atoms with Gasteiger partial charge >= 0.3 is 0 Å². The topological polar surface area (TPSA) is 82.5 Å². The van der Waals surface area contributed by atoms with Crippen LogP contribution in [0.4, 0.5) is 0 Å². The van der Waals surface area contributed by atoms with E-state index in [4.69, 9.17) is 24.7 Å². The van der Waals surface area contributed by atoms with Gasteiger partial charge in [-0.25, -0.2) is 0 Å². The van der Waals surface area contributed by atoms with Crippen LogP contribution >= 0.6 is 0 Å². The van der Waals surface area contributed by atoms with Crippen molar-refractivity contribution in [3.8, 4) is 5.75 Å². The maximum absolute atomic E-state index is 7.84. The fourth-order valence-corrected chi connectivity index (χ4v) is 3.13. The summed E-state index contributed by atoms with van der Waals surface area (Å²) in [6, 6.07) is 7.36. The summed E-state index contributed by atoms with van der Waals surface area (Å²) >= 11 is 0. The van der Waals surface area contributed by atoms with Gasteiger partial charge in [0.1, 0.15) is 11.3 Å². The van der Waals surface area contributed by atoms with Gasteiger partial charge in [-0.1, -0.05) is 12.5 Å². The van der Waals surface area contributed by atoms with Gasteiger partial charge in [-0.2, -0.15) is 0 Å². The monoisotopic (exact) mass is 343 g/mol. The summed E-state index contributed by atoms with van der Waals surface area (Å²) < 4.78 is 16.6. The zero-order chi connectivity index (χ0) is 17.6. The Hall–Kier alpha value is -2.34. The number of furan rings is 1. The minimum atomic E-state index is -0.167. The number of nitrogens with zero attached hydrogens (tertiary/aromatic N) is 1. The largest absolute Gasteiger partial charge is 0.493 e. The summed E-state index contributed by atoms with van der Waals surface area (Å²) in [5, 5.41) is 16.0. The second-order valence-electron chi connectivity index (χ2n) is 6.37.